The molecule has 0 aliphatic rings. The summed E-state index contributed by atoms with van der Waals surface area (Å²) < 4.78 is 4.42. The van der Waals surface area contributed by atoms with Crippen LogP contribution in [-0.2, 0) is 0 Å². The molecule has 0 fully saturated rings. The van der Waals surface area contributed by atoms with E-state index in [1.165, 1.54) is 19.3 Å². The number of carbonyl (C=O) groups is 1. The molecule has 0 aromatic carbocycles. The minimum Gasteiger partial charge on any atom is -0.374 e. The molecule has 0 aliphatic carbocycles. The molecular weight excluding hydrogens is 148 g/mol. The van der Waals surface area contributed by atoms with Crippen LogP contribution in [0.1, 0.15) is 17.4 Å². The number of nitrogens with zero attached hydrogens (tertiary/aromatic N) is 1. The van der Waals surface area contributed by atoms with Crippen molar-refractivity contribution in [2.75, 3.05) is 0 Å². The molecule has 1 aromatic heterocycles. The van der Waals surface area contributed by atoms with Gasteiger partial charge in [0.25, 0.3) is 5.91 Å². The fraction of sp³-hybridized carbons (Fsp3) is 0.333. The van der Waals surface area contributed by atoms with Crippen molar-refractivity contribution in [1.82, 2.24) is 10.5 Å². The molecule has 0 saturated carbocycles. The standard InChI is InChI=1S/C6H8N2O3/c1-4(9)7-6(10)5-2-3-11-8-5/h2-4,9H,1H3,(H,7,10). The summed E-state index contributed by atoms with van der Waals surface area (Å²) in [7, 11) is 0. The normalized spacial score (nSPS) is 12.5. The molecule has 1 amide bonds. The van der Waals surface area contributed by atoms with Gasteiger partial charge in [-0.3, -0.25) is 4.79 Å². The first-order valence-corrected chi connectivity index (χ1v) is 3.09. The van der Waals surface area contributed by atoms with E-state index in [0.717, 1.165) is 0 Å². The monoisotopic (exact) mass is 156 g/mol. The van der Waals surface area contributed by atoms with Gasteiger partial charge < -0.3 is 14.9 Å². The molecular formula is C6H8N2O3. The van der Waals surface area contributed by atoms with Crippen molar-refractivity contribution in [2.24, 2.45) is 0 Å². The van der Waals surface area contributed by atoms with Crippen LogP contribution in [0.5, 0.6) is 0 Å². The Hall–Kier alpha value is -1.36. The molecule has 5 heteroatoms. The fourth-order valence-electron chi connectivity index (χ4n) is 0.593. The van der Waals surface area contributed by atoms with Crippen LogP contribution in [0.4, 0.5) is 0 Å². The molecule has 11 heavy (non-hydrogen) atoms. The van der Waals surface area contributed by atoms with Gasteiger partial charge in [-0.05, 0) is 6.92 Å². The van der Waals surface area contributed by atoms with Gasteiger partial charge in [0.1, 0.15) is 12.5 Å². The largest absolute Gasteiger partial charge is 0.374 e. The summed E-state index contributed by atoms with van der Waals surface area (Å²) in [5.74, 6) is -0.450. The number of aliphatic hydroxyl groups excluding tert-OH is 1. The van der Waals surface area contributed by atoms with Gasteiger partial charge in [-0.25, -0.2) is 0 Å². The first-order valence-electron chi connectivity index (χ1n) is 3.09. The lowest BCUT2D eigenvalue weighted by atomic mass is 10.4. The van der Waals surface area contributed by atoms with Crippen molar-refractivity contribution in [2.45, 2.75) is 13.2 Å². The lowest BCUT2D eigenvalue weighted by molar-refractivity contribution is 0.0810. The van der Waals surface area contributed by atoms with E-state index < -0.39 is 12.1 Å². The highest BCUT2D eigenvalue weighted by atomic mass is 16.5. The number of rotatable bonds is 2. The van der Waals surface area contributed by atoms with Gasteiger partial charge in [0.2, 0.25) is 0 Å². The highest BCUT2D eigenvalue weighted by Crippen LogP contribution is 1.93. The molecule has 2 N–H and O–H groups in total. The molecule has 1 atom stereocenters. The van der Waals surface area contributed by atoms with Gasteiger partial charge in [0.05, 0.1) is 0 Å². The summed E-state index contributed by atoms with van der Waals surface area (Å²) in [4.78, 5) is 10.9. The zero-order chi connectivity index (χ0) is 8.27. The van der Waals surface area contributed by atoms with E-state index in [-0.39, 0.29) is 5.69 Å². The van der Waals surface area contributed by atoms with E-state index in [1.54, 1.807) is 0 Å². The summed E-state index contributed by atoms with van der Waals surface area (Å²) in [6, 6.07) is 1.41. The maximum atomic E-state index is 10.9. The summed E-state index contributed by atoms with van der Waals surface area (Å²) >= 11 is 0. The highest BCUT2D eigenvalue weighted by Gasteiger charge is 2.09. The van der Waals surface area contributed by atoms with Crippen LogP contribution in [0.2, 0.25) is 0 Å². The van der Waals surface area contributed by atoms with Crippen LogP contribution in [0.15, 0.2) is 16.9 Å². The number of nitrogens with one attached hydrogen (secondary N) is 1. The van der Waals surface area contributed by atoms with E-state index in [9.17, 15) is 4.79 Å². The second kappa shape index (κ2) is 3.16. The van der Waals surface area contributed by atoms with Crippen molar-refractivity contribution in [1.29, 1.82) is 0 Å². The van der Waals surface area contributed by atoms with Gasteiger partial charge in [-0.15, -0.1) is 0 Å². The van der Waals surface area contributed by atoms with Gasteiger partial charge in [0.15, 0.2) is 5.69 Å². The van der Waals surface area contributed by atoms with Crippen LogP contribution in [-0.4, -0.2) is 22.4 Å². The molecule has 0 saturated heterocycles. The summed E-state index contributed by atoms with van der Waals surface area (Å²) in [5, 5.41) is 14.3. The van der Waals surface area contributed by atoms with Crippen LogP contribution in [0.25, 0.3) is 0 Å². The summed E-state index contributed by atoms with van der Waals surface area (Å²) in [6.45, 7) is 1.44. The highest BCUT2D eigenvalue weighted by molar-refractivity contribution is 5.91. The molecule has 0 spiro atoms. The Morgan fingerprint density at radius 1 is 1.91 bits per heavy atom. The van der Waals surface area contributed by atoms with Crippen LogP contribution >= 0.6 is 0 Å². The van der Waals surface area contributed by atoms with Crippen LogP contribution < -0.4 is 5.32 Å². The molecule has 1 rings (SSSR count). The Labute approximate surface area is 63.0 Å². The Kier molecular flexibility index (Phi) is 2.22. The third-order valence-corrected chi connectivity index (χ3v) is 1.01. The number of carbonyl (C=O) groups excluding carboxylic acids is 1. The Morgan fingerprint density at radius 3 is 3.09 bits per heavy atom. The molecule has 0 bridgehead atoms. The molecule has 1 unspecified atom stereocenters. The van der Waals surface area contributed by atoms with Crippen LogP contribution in [0, 0.1) is 0 Å². The smallest absolute Gasteiger partial charge is 0.275 e. The molecule has 5 nitrogen and oxygen atoms in total. The predicted octanol–water partition coefficient (Wildman–Crippen LogP) is -0.257. The second-order valence-electron chi connectivity index (χ2n) is 2.03. The third kappa shape index (κ3) is 2.05. The SMILES string of the molecule is CC(O)NC(=O)c1ccon1. The minimum atomic E-state index is -0.876. The van der Waals surface area contributed by atoms with Crippen molar-refractivity contribution < 1.29 is 14.4 Å². The topological polar surface area (TPSA) is 75.4 Å². The molecule has 60 valence electrons. The van der Waals surface area contributed by atoms with Gasteiger partial charge in [0, 0.05) is 6.07 Å². The summed E-state index contributed by atoms with van der Waals surface area (Å²) in [6.07, 6.45) is 0.413. The zero-order valence-electron chi connectivity index (χ0n) is 5.94. The number of amides is 1. The second-order valence-corrected chi connectivity index (χ2v) is 2.03. The maximum Gasteiger partial charge on any atom is 0.275 e. The van der Waals surface area contributed by atoms with Crippen molar-refractivity contribution in [3.63, 3.8) is 0 Å². The zero-order valence-corrected chi connectivity index (χ0v) is 5.94. The Morgan fingerprint density at radius 2 is 2.64 bits per heavy atom. The van der Waals surface area contributed by atoms with Gasteiger partial charge in [-0.2, -0.15) is 0 Å². The number of aliphatic hydroxyl groups is 1. The Bertz CT molecular complexity index is 230. The van der Waals surface area contributed by atoms with Gasteiger partial charge >= 0.3 is 0 Å². The maximum absolute atomic E-state index is 10.9. The number of hydrogen-bond acceptors (Lipinski definition) is 4. The van der Waals surface area contributed by atoms with Crippen molar-refractivity contribution in [3.8, 4) is 0 Å². The lowest BCUT2D eigenvalue weighted by Crippen LogP contribution is -2.32. The molecule has 1 heterocycles. The first-order chi connectivity index (χ1) is 5.20. The van der Waals surface area contributed by atoms with E-state index in [0.29, 0.717) is 0 Å². The summed E-state index contributed by atoms with van der Waals surface area (Å²) in [5.41, 5.74) is 0.158. The quantitative estimate of drug-likeness (QED) is 0.578. The average Bonchev–Trinajstić information content (AvgIpc) is 2.35. The molecule has 0 radical (unpaired) electrons. The van der Waals surface area contributed by atoms with Crippen LogP contribution in [0.3, 0.4) is 0 Å². The predicted molar refractivity (Wildman–Crippen MR) is 35.6 cm³/mol. The van der Waals surface area contributed by atoms with Crippen molar-refractivity contribution in [3.05, 3.63) is 18.0 Å². The minimum absolute atomic E-state index is 0.158. The van der Waals surface area contributed by atoms with E-state index in [1.807, 2.05) is 0 Å². The van der Waals surface area contributed by atoms with E-state index >= 15 is 0 Å². The number of aromatic nitrogens is 1. The number of hydrogen-bond donors (Lipinski definition) is 2. The van der Waals surface area contributed by atoms with E-state index in [2.05, 4.69) is 15.0 Å². The van der Waals surface area contributed by atoms with E-state index in [4.69, 9.17) is 5.11 Å². The average molecular weight is 156 g/mol. The van der Waals surface area contributed by atoms with Gasteiger partial charge in [-0.1, -0.05) is 5.16 Å². The van der Waals surface area contributed by atoms with Crippen molar-refractivity contribution >= 4 is 5.91 Å². The lowest BCUT2D eigenvalue weighted by Gasteiger charge is -2.03. The Balaban J connectivity index is 2.57. The first kappa shape index (κ1) is 7.74. The third-order valence-electron chi connectivity index (χ3n) is 1.01. The molecule has 1 aromatic rings. The molecule has 0 aliphatic heterocycles. The fourth-order valence-corrected chi connectivity index (χ4v) is 0.593.